The Balaban J connectivity index is 1.78. The van der Waals surface area contributed by atoms with Gasteiger partial charge >= 0.3 is 0 Å². The molecule has 0 aliphatic carbocycles. The summed E-state index contributed by atoms with van der Waals surface area (Å²) in [5.74, 6) is 0.704. The van der Waals surface area contributed by atoms with Gasteiger partial charge in [0.15, 0.2) is 0 Å². The molecular weight excluding hydrogens is 264 g/mol. The zero-order valence-corrected chi connectivity index (χ0v) is 13.1. The Hall–Kier alpha value is -1.62. The van der Waals surface area contributed by atoms with Gasteiger partial charge in [-0.05, 0) is 64.4 Å². The molecule has 2 heterocycles. The first-order valence-electron chi connectivity index (χ1n) is 7.85. The molecule has 1 aromatic rings. The minimum Gasteiger partial charge on any atom is -0.385 e. The van der Waals surface area contributed by atoms with Crippen LogP contribution >= 0.6 is 0 Å². The van der Waals surface area contributed by atoms with Crippen molar-refractivity contribution in [1.29, 1.82) is 0 Å². The molecule has 116 valence electrons. The van der Waals surface area contributed by atoms with Crippen LogP contribution in [0.25, 0.3) is 0 Å². The molecule has 1 fully saturated rings. The van der Waals surface area contributed by atoms with Crippen molar-refractivity contribution in [3.8, 4) is 0 Å². The number of anilines is 1. The topological polar surface area (TPSA) is 57.3 Å². The summed E-state index contributed by atoms with van der Waals surface area (Å²) in [7, 11) is 2.19. The maximum atomic E-state index is 11.7. The van der Waals surface area contributed by atoms with E-state index in [-0.39, 0.29) is 5.91 Å². The average Bonchev–Trinajstić information content (AvgIpc) is 2.50. The molecule has 1 aliphatic rings. The van der Waals surface area contributed by atoms with Crippen molar-refractivity contribution in [2.45, 2.75) is 26.2 Å². The fraction of sp³-hybridized carbons (Fsp3) is 0.625. The molecule has 2 N–H and O–H groups in total. The van der Waals surface area contributed by atoms with Gasteiger partial charge in [0.25, 0.3) is 5.91 Å². The van der Waals surface area contributed by atoms with Gasteiger partial charge in [-0.15, -0.1) is 0 Å². The van der Waals surface area contributed by atoms with Crippen molar-refractivity contribution in [1.82, 2.24) is 15.2 Å². The van der Waals surface area contributed by atoms with E-state index in [1.807, 2.05) is 19.1 Å². The average molecular weight is 290 g/mol. The molecule has 1 saturated heterocycles. The summed E-state index contributed by atoms with van der Waals surface area (Å²) in [5.41, 5.74) is 1.44. The molecule has 1 amide bonds. The zero-order valence-electron chi connectivity index (χ0n) is 13.1. The van der Waals surface area contributed by atoms with Crippen molar-refractivity contribution in [2.24, 2.45) is 5.92 Å². The first kappa shape index (κ1) is 15.8. The van der Waals surface area contributed by atoms with Crippen LogP contribution in [0.15, 0.2) is 18.3 Å². The fourth-order valence-corrected chi connectivity index (χ4v) is 2.69. The number of hydrogen-bond donors (Lipinski definition) is 2. The third kappa shape index (κ3) is 5.01. The molecule has 0 saturated carbocycles. The van der Waals surface area contributed by atoms with Gasteiger partial charge in [0.2, 0.25) is 0 Å². The number of nitrogens with one attached hydrogen (secondary N) is 2. The number of likely N-dealkylation sites (tertiary alicyclic amines) is 1. The van der Waals surface area contributed by atoms with Crippen LogP contribution in [0.4, 0.5) is 5.69 Å². The third-order valence-electron chi connectivity index (χ3n) is 4.05. The first-order chi connectivity index (χ1) is 10.2. The number of carbonyl (C=O) groups excluding carboxylic acids is 1. The summed E-state index contributed by atoms with van der Waals surface area (Å²) in [6.45, 7) is 5.89. The number of nitrogens with zero attached hydrogens (tertiary/aromatic N) is 2. The molecule has 5 nitrogen and oxygen atoms in total. The standard InChI is InChI=1S/C16H26N4O/c1-3-17-16(21)15-12-14(5-9-19-15)18-8-4-13-6-10-20(2)11-7-13/h5,9,12-13H,3-4,6-8,10-11H2,1-2H3,(H,17,21)(H,18,19). The summed E-state index contributed by atoms with van der Waals surface area (Å²) in [6, 6.07) is 3.73. The van der Waals surface area contributed by atoms with Crippen molar-refractivity contribution >= 4 is 11.6 Å². The Labute approximate surface area is 127 Å². The number of amides is 1. The second kappa shape index (κ2) is 7.98. The normalized spacial score (nSPS) is 16.7. The Bertz CT molecular complexity index is 455. The van der Waals surface area contributed by atoms with Crippen molar-refractivity contribution in [3.63, 3.8) is 0 Å². The summed E-state index contributed by atoms with van der Waals surface area (Å²) < 4.78 is 0. The number of carbonyl (C=O) groups is 1. The molecule has 21 heavy (non-hydrogen) atoms. The fourth-order valence-electron chi connectivity index (χ4n) is 2.69. The Morgan fingerprint density at radius 2 is 2.19 bits per heavy atom. The van der Waals surface area contributed by atoms with E-state index in [1.54, 1.807) is 6.20 Å². The van der Waals surface area contributed by atoms with E-state index in [9.17, 15) is 4.79 Å². The van der Waals surface area contributed by atoms with E-state index in [0.29, 0.717) is 12.2 Å². The molecule has 0 bridgehead atoms. The van der Waals surface area contributed by atoms with E-state index in [4.69, 9.17) is 0 Å². The first-order valence-corrected chi connectivity index (χ1v) is 7.85. The lowest BCUT2D eigenvalue weighted by Gasteiger charge is -2.29. The van der Waals surface area contributed by atoms with Crippen molar-refractivity contribution in [3.05, 3.63) is 24.0 Å². The summed E-state index contributed by atoms with van der Waals surface area (Å²) in [6.07, 6.45) is 5.45. The maximum Gasteiger partial charge on any atom is 0.269 e. The molecular formula is C16H26N4O. The molecule has 2 rings (SSSR count). The highest BCUT2D eigenvalue weighted by Crippen LogP contribution is 2.19. The van der Waals surface area contributed by atoms with Gasteiger partial charge in [-0.3, -0.25) is 9.78 Å². The Morgan fingerprint density at radius 3 is 2.90 bits per heavy atom. The van der Waals surface area contributed by atoms with Gasteiger partial charge < -0.3 is 15.5 Å². The number of aromatic nitrogens is 1. The molecule has 0 aromatic carbocycles. The van der Waals surface area contributed by atoms with E-state index >= 15 is 0 Å². The monoisotopic (exact) mass is 290 g/mol. The highest BCUT2D eigenvalue weighted by molar-refractivity contribution is 5.93. The van der Waals surface area contributed by atoms with Gasteiger partial charge in [0.1, 0.15) is 5.69 Å². The number of rotatable bonds is 6. The number of hydrogen-bond acceptors (Lipinski definition) is 4. The quantitative estimate of drug-likeness (QED) is 0.841. The molecule has 5 heteroatoms. The zero-order chi connectivity index (χ0) is 15.1. The SMILES string of the molecule is CCNC(=O)c1cc(NCCC2CCN(C)CC2)ccn1. The highest BCUT2D eigenvalue weighted by Gasteiger charge is 2.16. The summed E-state index contributed by atoms with van der Waals surface area (Å²) in [4.78, 5) is 18.2. The van der Waals surface area contributed by atoms with Gasteiger partial charge in [-0.2, -0.15) is 0 Å². The smallest absolute Gasteiger partial charge is 0.269 e. The summed E-state index contributed by atoms with van der Waals surface area (Å²) in [5, 5.41) is 6.17. The third-order valence-corrected chi connectivity index (χ3v) is 4.05. The molecule has 0 radical (unpaired) electrons. The molecule has 0 spiro atoms. The maximum absolute atomic E-state index is 11.7. The lowest BCUT2D eigenvalue weighted by atomic mass is 9.94. The molecule has 0 atom stereocenters. The second-order valence-electron chi connectivity index (χ2n) is 5.75. The largest absolute Gasteiger partial charge is 0.385 e. The molecule has 1 aromatic heterocycles. The van der Waals surface area contributed by atoms with Crippen LogP contribution in [0.1, 0.15) is 36.7 Å². The van der Waals surface area contributed by atoms with Crippen LogP contribution in [0.3, 0.4) is 0 Å². The van der Waals surface area contributed by atoms with Crippen LogP contribution in [-0.4, -0.2) is 49.0 Å². The van der Waals surface area contributed by atoms with Crippen LogP contribution in [0.5, 0.6) is 0 Å². The molecule has 0 unspecified atom stereocenters. The lowest BCUT2D eigenvalue weighted by molar-refractivity contribution is 0.0951. The van der Waals surface area contributed by atoms with Gasteiger partial charge in [0.05, 0.1) is 0 Å². The highest BCUT2D eigenvalue weighted by atomic mass is 16.1. The van der Waals surface area contributed by atoms with Crippen LogP contribution in [0, 0.1) is 5.92 Å². The predicted molar refractivity (Wildman–Crippen MR) is 85.6 cm³/mol. The second-order valence-corrected chi connectivity index (χ2v) is 5.75. The predicted octanol–water partition coefficient (Wildman–Crippen LogP) is 1.98. The minimum atomic E-state index is -0.114. The van der Waals surface area contributed by atoms with Gasteiger partial charge in [0, 0.05) is 25.0 Å². The van der Waals surface area contributed by atoms with Gasteiger partial charge in [-0.25, -0.2) is 0 Å². The minimum absolute atomic E-state index is 0.114. The van der Waals surface area contributed by atoms with Crippen LogP contribution < -0.4 is 10.6 Å². The van der Waals surface area contributed by atoms with Crippen LogP contribution in [-0.2, 0) is 0 Å². The Morgan fingerprint density at radius 1 is 1.43 bits per heavy atom. The van der Waals surface area contributed by atoms with E-state index < -0.39 is 0 Å². The Kier molecular flexibility index (Phi) is 5.99. The van der Waals surface area contributed by atoms with Gasteiger partial charge in [-0.1, -0.05) is 0 Å². The van der Waals surface area contributed by atoms with Crippen molar-refractivity contribution in [2.75, 3.05) is 38.5 Å². The number of pyridine rings is 1. The van der Waals surface area contributed by atoms with E-state index in [2.05, 4.69) is 27.6 Å². The summed E-state index contributed by atoms with van der Waals surface area (Å²) >= 11 is 0. The van der Waals surface area contributed by atoms with Crippen LogP contribution in [0.2, 0.25) is 0 Å². The lowest BCUT2D eigenvalue weighted by Crippen LogP contribution is -2.30. The number of piperidine rings is 1. The van der Waals surface area contributed by atoms with Crippen molar-refractivity contribution < 1.29 is 4.79 Å². The van der Waals surface area contributed by atoms with E-state index in [0.717, 1.165) is 18.2 Å². The van der Waals surface area contributed by atoms with E-state index in [1.165, 1.54) is 32.4 Å². The molecule has 1 aliphatic heterocycles.